The summed E-state index contributed by atoms with van der Waals surface area (Å²) in [7, 11) is 0. The Kier molecular flexibility index (Phi) is 3.32. The zero-order valence-electron chi connectivity index (χ0n) is 7.75. The summed E-state index contributed by atoms with van der Waals surface area (Å²) < 4.78 is 0. The summed E-state index contributed by atoms with van der Waals surface area (Å²) in [6, 6.07) is 0. The van der Waals surface area contributed by atoms with Gasteiger partial charge in [0.2, 0.25) is 5.91 Å². The van der Waals surface area contributed by atoms with Crippen molar-refractivity contribution in [3.8, 4) is 0 Å². The number of carbonyl (C=O) groups excluding carboxylic acids is 1. The van der Waals surface area contributed by atoms with Crippen LogP contribution < -0.4 is 0 Å². The number of nitrogens with zero attached hydrogens (tertiary/aromatic N) is 1. The normalized spacial score (nSPS) is 20.2. The van der Waals surface area contributed by atoms with Crippen LogP contribution in [-0.4, -0.2) is 23.9 Å². The van der Waals surface area contributed by atoms with Crippen LogP contribution in [0.4, 0.5) is 0 Å². The maximum absolute atomic E-state index is 11.6. The summed E-state index contributed by atoms with van der Waals surface area (Å²) in [5.41, 5.74) is 0. The monoisotopic (exact) mass is 167 g/mol. The second kappa shape index (κ2) is 4.29. The van der Waals surface area contributed by atoms with Crippen LogP contribution in [0.15, 0.2) is 12.7 Å². The molecule has 0 spiro atoms. The number of hydrogen-bond acceptors (Lipinski definition) is 1. The number of hydrogen-bond donors (Lipinski definition) is 0. The minimum atomic E-state index is -0.0110. The average Bonchev–Trinajstić information content (AvgIpc) is 2.17. The fourth-order valence-corrected chi connectivity index (χ4v) is 1.50. The third-order valence-corrected chi connectivity index (χ3v) is 2.41. The van der Waals surface area contributed by atoms with Crippen molar-refractivity contribution in [2.24, 2.45) is 5.92 Å². The van der Waals surface area contributed by atoms with Crippen molar-refractivity contribution in [1.29, 1.82) is 0 Å². The molecule has 1 atom stereocenters. The lowest BCUT2D eigenvalue weighted by Gasteiger charge is -2.28. The maximum Gasteiger partial charge on any atom is 0.229 e. The first kappa shape index (κ1) is 9.30. The number of rotatable bonds is 2. The second-order valence-electron chi connectivity index (χ2n) is 3.41. The Hall–Kier alpha value is -0.790. The highest BCUT2D eigenvalue weighted by atomic mass is 16.2. The van der Waals surface area contributed by atoms with Gasteiger partial charge in [-0.25, -0.2) is 0 Å². The minimum Gasteiger partial charge on any atom is -0.342 e. The van der Waals surface area contributed by atoms with E-state index in [2.05, 4.69) is 6.58 Å². The predicted octanol–water partition coefficient (Wildman–Crippen LogP) is 1.82. The fraction of sp³-hybridized carbons (Fsp3) is 0.700. The van der Waals surface area contributed by atoms with E-state index in [0.717, 1.165) is 25.9 Å². The summed E-state index contributed by atoms with van der Waals surface area (Å²) in [4.78, 5) is 13.5. The molecule has 1 amide bonds. The molecule has 1 saturated heterocycles. The Morgan fingerprint density at radius 2 is 2.00 bits per heavy atom. The molecule has 0 bridgehead atoms. The molecule has 12 heavy (non-hydrogen) atoms. The summed E-state index contributed by atoms with van der Waals surface area (Å²) in [5, 5.41) is 0. The molecule has 2 heteroatoms. The van der Waals surface area contributed by atoms with Crippen molar-refractivity contribution in [2.75, 3.05) is 13.1 Å². The van der Waals surface area contributed by atoms with Gasteiger partial charge in [0.1, 0.15) is 0 Å². The molecule has 0 aromatic carbocycles. The Labute approximate surface area is 74.2 Å². The van der Waals surface area contributed by atoms with Crippen LogP contribution in [0.2, 0.25) is 0 Å². The fourth-order valence-electron chi connectivity index (χ4n) is 1.50. The molecule has 0 aromatic heterocycles. The summed E-state index contributed by atoms with van der Waals surface area (Å²) in [6.45, 7) is 7.42. The lowest BCUT2D eigenvalue weighted by Crippen LogP contribution is -2.38. The molecule has 0 saturated carbocycles. The van der Waals surface area contributed by atoms with Crippen LogP contribution in [0.1, 0.15) is 26.2 Å². The molecule has 1 rings (SSSR count). The zero-order chi connectivity index (χ0) is 8.97. The summed E-state index contributed by atoms with van der Waals surface area (Å²) in [5.74, 6) is 0.229. The Balaban J connectivity index is 2.44. The highest BCUT2D eigenvalue weighted by Crippen LogP contribution is 2.12. The van der Waals surface area contributed by atoms with Crippen molar-refractivity contribution in [3.63, 3.8) is 0 Å². The van der Waals surface area contributed by atoms with E-state index in [4.69, 9.17) is 0 Å². The molecule has 0 radical (unpaired) electrons. The first-order chi connectivity index (χ1) is 5.75. The van der Waals surface area contributed by atoms with E-state index in [9.17, 15) is 4.79 Å². The molecule has 0 N–H and O–H groups in total. The van der Waals surface area contributed by atoms with E-state index in [1.54, 1.807) is 6.08 Å². The zero-order valence-corrected chi connectivity index (χ0v) is 7.75. The quantitative estimate of drug-likeness (QED) is 0.574. The first-order valence-electron chi connectivity index (χ1n) is 4.67. The third kappa shape index (κ3) is 2.10. The summed E-state index contributed by atoms with van der Waals surface area (Å²) >= 11 is 0. The molecule has 1 unspecified atom stereocenters. The van der Waals surface area contributed by atoms with Gasteiger partial charge in [0.25, 0.3) is 0 Å². The molecule has 68 valence electrons. The largest absolute Gasteiger partial charge is 0.342 e. The van der Waals surface area contributed by atoms with Crippen molar-refractivity contribution < 1.29 is 4.79 Å². The third-order valence-electron chi connectivity index (χ3n) is 2.41. The van der Waals surface area contributed by atoms with E-state index in [1.807, 2.05) is 11.8 Å². The highest BCUT2D eigenvalue weighted by molar-refractivity contribution is 5.80. The van der Waals surface area contributed by atoms with Crippen LogP contribution in [0, 0.1) is 5.92 Å². The van der Waals surface area contributed by atoms with Gasteiger partial charge in [0, 0.05) is 13.1 Å². The molecule has 1 aliphatic heterocycles. The molecule has 0 aromatic rings. The van der Waals surface area contributed by atoms with Gasteiger partial charge in [0.05, 0.1) is 5.92 Å². The molecule has 1 fully saturated rings. The van der Waals surface area contributed by atoms with Crippen LogP contribution in [0.5, 0.6) is 0 Å². The number of carbonyl (C=O) groups is 1. The number of amides is 1. The van der Waals surface area contributed by atoms with Gasteiger partial charge >= 0.3 is 0 Å². The lowest BCUT2D eigenvalue weighted by molar-refractivity contribution is -0.134. The van der Waals surface area contributed by atoms with Crippen molar-refractivity contribution >= 4 is 5.91 Å². The minimum absolute atomic E-state index is 0.0110. The standard InChI is InChI=1S/C10H17NO/c1-3-9(2)10(12)11-7-5-4-6-8-11/h3,9H,1,4-8H2,2H3. The molecule has 1 aliphatic rings. The Morgan fingerprint density at radius 1 is 1.42 bits per heavy atom. The van der Waals surface area contributed by atoms with Crippen molar-refractivity contribution in [2.45, 2.75) is 26.2 Å². The Bertz CT molecular complexity index is 171. The van der Waals surface area contributed by atoms with Gasteiger partial charge in [-0.2, -0.15) is 0 Å². The molecule has 2 nitrogen and oxygen atoms in total. The van der Waals surface area contributed by atoms with Crippen LogP contribution in [0.3, 0.4) is 0 Å². The molecule has 0 aliphatic carbocycles. The van der Waals surface area contributed by atoms with E-state index in [0.29, 0.717) is 0 Å². The number of likely N-dealkylation sites (tertiary alicyclic amines) is 1. The van der Waals surface area contributed by atoms with Crippen molar-refractivity contribution in [1.82, 2.24) is 4.90 Å². The second-order valence-corrected chi connectivity index (χ2v) is 3.41. The summed E-state index contributed by atoms with van der Waals surface area (Å²) in [6.07, 6.45) is 5.31. The van der Waals surface area contributed by atoms with Gasteiger partial charge in [0.15, 0.2) is 0 Å². The van der Waals surface area contributed by atoms with Crippen LogP contribution in [-0.2, 0) is 4.79 Å². The van der Waals surface area contributed by atoms with E-state index < -0.39 is 0 Å². The maximum atomic E-state index is 11.6. The highest BCUT2D eigenvalue weighted by Gasteiger charge is 2.19. The number of piperidine rings is 1. The van der Waals surface area contributed by atoms with Gasteiger partial charge < -0.3 is 4.90 Å². The van der Waals surface area contributed by atoms with E-state index in [-0.39, 0.29) is 11.8 Å². The average molecular weight is 167 g/mol. The van der Waals surface area contributed by atoms with Gasteiger partial charge in [-0.15, -0.1) is 6.58 Å². The topological polar surface area (TPSA) is 20.3 Å². The SMILES string of the molecule is C=CC(C)C(=O)N1CCCCC1. The smallest absolute Gasteiger partial charge is 0.229 e. The van der Waals surface area contributed by atoms with Crippen molar-refractivity contribution in [3.05, 3.63) is 12.7 Å². The Morgan fingerprint density at radius 3 is 2.50 bits per heavy atom. The van der Waals surface area contributed by atoms with E-state index >= 15 is 0 Å². The van der Waals surface area contributed by atoms with Gasteiger partial charge in [-0.1, -0.05) is 13.0 Å². The molecular formula is C10H17NO. The predicted molar refractivity (Wildman–Crippen MR) is 49.8 cm³/mol. The van der Waals surface area contributed by atoms with E-state index in [1.165, 1.54) is 6.42 Å². The molecular weight excluding hydrogens is 150 g/mol. The first-order valence-corrected chi connectivity index (χ1v) is 4.67. The molecule has 1 heterocycles. The van der Waals surface area contributed by atoms with Gasteiger partial charge in [-0.05, 0) is 19.3 Å². The van der Waals surface area contributed by atoms with Crippen LogP contribution in [0.25, 0.3) is 0 Å². The van der Waals surface area contributed by atoms with Gasteiger partial charge in [-0.3, -0.25) is 4.79 Å². The lowest BCUT2D eigenvalue weighted by atomic mass is 10.1. The van der Waals surface area contributed by atoms with Crippen LogP contribution >= 0.6 is 0 Å².